The molecule has 0 amide bonds. The summed E-state index contributed by atoms with van der Waals surface area (Å²) in [6, 6.07) is 16.3. The summed E-state index contributed by atoms with van der Waals surface area (Å²) >= 11 is 0. The Morgan fingerprint density at radius 3 is 2.55 bits per heavy atom. The summed E-state index contributed by atoms with van der Waals surface area (Å²) in [7, 11) is 2.01. The second-order valence-electron chi connectivity index (χ2n) is 5.11. The van der Waals surface area contributed by atoms with Crippen LogP contribution in [0.3, 0.4) is 0 Å². The van der Waals surface area contributed by atoms with Gasteiger partial charge in [-0.15, -0.1) is 16.8 Å². The first-order valence-corrected chi connectivity index (χ1v) is 7.28. The van der Waals surface area contributed by atoms with Crippen molar-refractivity contribution in [3.63, 3.8) is 0 Å². The standard InChI is InChI=1S/C14H16N.C4H6O2.Y/c1-3-14(15-2)13-9-8-11-6-4-5-7-12(11)10-13;1-3-2-4(5)6-3;/h5-10,14-15H,3H2,1-2H3;2-3,5H,1H3;/q-1;;. The number of hydrogen-bond acceptors (Lipinski definition) is 3. The molecule has 2 aromatic carbocycles. The molecule has 1 heterocycles. The third kappa shape index (κ3) is 5.08. The van der Waals surface area contributed by atoms with Gasteiger partial charge in [0.2, 0.25) is 0 Å². The summed E-state index contributed by atoms with van der Waals surface area (Å²) in [5, 5.41) is 14.1. The molecule has 0 saturated carbocycles. The number of hydrogen-bond donors (Lipinski definition) is 2. The predicted octanol–water partition coefficient (Wildman–Crippen LogP) is 4.11. The van der Waals surface area contributed by atoms with Crippen LogP contribution in [0.1, 0.15) is 31.9 Å². The van der Waals surface area contributed by atoms with Crippen LogP contribution in [0.2, 0.25) is 0 Å². The van der Waals surface area contributed by atoms with Gasteiger partial charge in [-0.2, -0.15) is 24.3 Å². The summed E-state index contributed by atoms with van der Waals surface area (Å²) in [4.78, 5) is 0. The van der Waals surface area contributed by atoms with Crippen LogP contribution in [-0.4, -0.2) is 18.3 Å². The van der Waals surface area contributed by atoms with Gasteiger partial charge in [-0.3, -0.25) is 0 Å². The van der Waals surface area contributed by atoms with Gasteiger partial charge < -0.3 is 15.2 Å². The third-order valence-electron chi connectivity index (χ3n) is 3.55. The number of benzene rings is 2. The van der Waals surface area contributed by atoms with E-state index in [0.717, 1.165) is 6.42 Å². The van der Waals surface area contributed by atoms with Gasteiger partial charge in [-0.05, 0) is 26.0 Å². The molecule has 0 aromatic heterocycles. The molecule has 0 saturated heterocycles. The molecule has 4 heteroatoms. The third-order valence-corrected chi connectivity index (χ3v) is 3.55. The average molecular weight is 373 g/mol. The Bertz CT molecular complexity index is 623. The summed E-state index contributed by atoms with van der Waals surface area (Å²) in [6.07, 6.45) is 2.88. The van der Waals surface area contributed by atoms with E-state index in [-0.39, 0.29) is 44.8 Å². The van der Waals surface area contributed by atoms with Crippen molar-refractivity contribution in [3.8, 4) is 0 Å². The Balaban J connectivity index is 0.000000293. The Morgan fingerprint density at radius 1 is 1.32 bits per heavy atom. The van der Waals surface area contributed by atoms with E-state index in [1.54, 1.807) is 6.08 Å². The fourth-order valence-electron chi connectivity index (χ4n) is 2.36. The van der Waals surface area contributed by atoms with Crippen LogP contribution in [-0.2, 0) is 37.4 Å². The Morgan fingerprint density at radius 2 is 2.05 bits per heavy atom. The van der Waals surface area contributed by atoms with Crippen molar-refractivity contribution in [2.75, 3.05) is 7.05 Å². The molecule has 0 aliphatic carbocycles. The number of nitrogens with one attached hydrogen (secondary N) is 1. The Labute approximate surface area is 157 Å². The second kappa shape index (κ2) is 9.29. The van der Waals surface area contributed by atoms with Gasteiger partial charge in [0.1, 0.15) is 6.10 Å². The largest absolute Gasteiger partial charge is 0.481 e. The van der Waals surface area contributed by atoms with Crippen LogP contribution in [0.25, 0.3) is 10.8 Å². The maximum absolute atomic E-state index is 8.26. The molecule has 115 valence electrons. The zero-order chi connectivity index (χ0) is 15.2. The Hall–Kier alpha value is -0.896. The molecule has 2 unspecified atom stereocenters. The first-order valence-electron chi connectivity index (χ1n) is 7.28. The quantitative estimate of drug-likeness (QED) is 0.796. The smallest absolute Gasteiger partial charge is 0.276 e. The molecule has 3 rings (SSSR count). The molecule has 1 radical (unpaired) electrons. The Kier molecular flexibility index (Phi) is 8.09. The number of aliphatic hydroxyl groups is 1. The fourth-order valence-corrected chi connectivity index (χ4v) is 2.36. The van der Waals surface area contributed by atoms with Gasteiger partial charge in [0.15, 0.2) is 0 Å². The van der Waals surface area contributed by atoms with E-state index < -0.39 is 0 Å². The SMILES string of the molecule is CC1C=C(O)O1.CCC(NC)c1ccc2c[c-]ccc2c1.[Y]. The topological polar surface area (TPSA) is 41.5 Å². The molecule has 1 aliphatic heterocycles. The van der Waals surface area contributed by atoms with Gasteiger partial charge in [-0.25, -0.2) is 0 Å². The maximum Gasteiger partial charge on any atom is 0.276 e. The summed E-state index contributed by atoms with van der Waals surface area (Å²) in [5.74, 6) is 0.0579. The minimum absolute atomic E-state index is 0. The van der Waals surface area contributed by atoms with Crippen LogP contribution in [0.15, 0.2) is 48.4 Å². The summed E-state index contributed by atoms with van der Waals surface area (Å²) < 4.78 is 4.56. The van der Waals surface area contributed by atoms with Crippen LogP contribution in [0.4, 0.5) is 0 Å². The molecule has 0 spiro atoms. The zero-order valence-corrected chi connectivity index (χ0v) is 16.2. The first kappa shape index (κ1) is 19.2. The van der Waals surface area contributed by atoms with E-state index in [9.17, 15) is 0 Å². The zero-order valence-electron chi connectivity index (χ0n) is 13.3. The maximum atomic E-state index is 8.26. The van der Waals surface area contributed by atoms with Crippen LogP contribution >= 0.6 is 0 Å². The molecule has 1 aliphatic rings. The average Bonchev–Trinajstić information content (AvgIpc) is 2.48. The number of aliphatic hydroxyl groups excluding tert-OH is 1. The molecule has 2 aromatic rings. The number of fused-ring (bicyclic) bond motifs is 1. The van der Waals surface area contributed by atoms with Gasteiger partial charge >= 0.3 is 0 Å². The van der Waals surface area contributed by atoms with Crippen molar-refractivity contribution >= 4 is 10.8 Å². The predicted molar refractivity (Wildman–Crippen MR) is 86.1 cm³/mol. The van der Waals surface area contributed by atoms with Gasteiger partial charge in [-0.1, -0.05) is 19.1 Å². The molecule has 3 nitrogen and oxygen atoms in total. The van der Waals surface area contributed by atoms with Gasteiger partial charge in [0.25, 0.3) is 5.95 Å². The summed E-state index contributed by atoms with van der Waals surface area (Å²) in [6.45, 7) is 4.06. The fraction of sp³-hybridized carbons (Fsp3) is 0.333. The molecule has 0 bridgehead atoms. The van der Waals surface area contributed by atoms with E-state index in [1.165, 1.54) is 16.3 Å². The van der Waals surface area contributed by atoms with Crippen LogP contribution in [0, 0.1) is 6.07 Å². The van der Waals surface area contributed by atoms with Crippen molar-refractivity contribution < 1.29 is 42.6 Å². The van der Waals surface area contributed by atoms with E-state index in [4.69, 9.17) is 5.11 Å². The van der Waals surface area contributed by atoms with Crippen molar-refractivity contribution in [2.24, 2.45) is 0 Å². The van der Waals surface area contributed by atoms with Gasteiger partial charge in [0, 0.05) is 44.8 Å². The van der Waals surface area contributed by atoms with Crippen molar-refractivity contribution in [1.82, 2.24) is 5.32 Å². The number of rotatable bonds is 3. The first-order chi connectivity index (χ1) is 10.1. The van der Waals surface area contributed by atoms with E-state index in [1.807, 2.05) is 26.1 Å². The number of ether oxygens (including phenoxy) is 1. The van der Waals surface area contributed by atoms with Crippen LogP contribution in [0.5, 0.6) is 0 Å². The summed E-state index contributed by atoms with van der Waals surface area (Å²) in [5.41, 5.74) is 1.36. The molecule has 2 N–H and O–H groups in total. The molecule has 0 fully saturated rings. The van der Waals surface area contributed by atoms with E-state index in [0.29, 0.717) is 6.04 Å². The van der Waals surface area contributed by atoms with Gasteiger partial charge in [0.05, 0.1) is 0 Å². The normalized spacial score (nSPS) is 17.0. The van der Waals surface area contributed by atoms with Crippen molar-refractivity contribution in [3.05, 3.63) is 60.0 Å². The molecular formula is C18H22NO2Y-. The van der Waals surface area contributed by atoms with Crippen LogP contribution < -0.4 is 5.32 Å². The molecule has 22 heavy (non-hydrogen) atoms. The van der Waals surface area contributed by atoms with Crippen molar-refractivity contribution in [1.29, 1.82) is 0 Å². The van der Waals surface area contributed by atoms with E-state index in [2.05, 4.69) is 47.3 Å². The minimum Gasteiger partial charge on any atom is -0.481 e. The van der Waals surface area contributed by atoms with Crippen molar-refractivity contribution in [2.45, 2.75) is 32.4 Å². The molecule has 2 atom stereocenters. The minimum atomic E-state index is 0. The van der Waals surface area contributed by atoms with E-state index >= 15 is 0 Å². The molecular weight excluding hydrogens is 351 g/mol. The second-order valence-corrected chi connectivity index (χ2v) is 5.11. The monoisotopic (exact) mass is 373 g/mol.